The van der Waals surface area contributed by atoms with Crippen molar-refractivity contribution in [1.82, 2.24) is 5.32 Å². The van der Waals surface area contributed by atoms with Gasteiger partial charge >= 0.3 is 5.97 Å². The molecule has 0 amide bonds. The molecule has 3 rings (SSSR count). The second kappa shape index (κ2) is 11.1. The molecule has 3 N–H and O–H groups in total. The van der Waals surface area contributed by atoms with Crippen molar-refractivity contribution < 1.29 is 15.0 Å². The highest BCUT2D eigenvalue weighted by atomic mass is 35.5. The summed E-state index contributed by atoms with van der Waals surface area (Å²) in [5.74, 6) is -0.877. The first-order valence-electron chi connectivity index (χ1n) is 10.6. The molecule has 162 valence electrons. The van der Waals surface area contributed by atoms with Gasteiger partial charge in [-0.2, -0.15) is 0 Å². The van der Waals surface area contributed by atoms with Crippen LogP contribution in [-0.4, -0.2) is 29.3 Å². The molecule has 0 aliphatic rings. The van der Waals surface area contributed by atoms with E-state index in [1.54, 1.807) is 18.2 Å². The average Bonchev–Trinajstić information content (AvgIpc) is 2.77. The molecular formula is C26H28ClNO3. The lowest BCUT2D eigenvalue weighted by Gasteiger charge is -2.13. The van der Waals surface area contributed by atoms with Gasteiger partial charge in [0.15, 0.2) is 0 Å². The Morgan fingerprint density at radius 3 is 2.42 bits per heavy atom. The van der Waals surface area contributed by atoms with E-state index in [0.29, 0.717) is 17.1 Å². The molecular weight excluding hydrogens is 410 g/mol. The van der Waals surface area contributed by atoms with E-state index in [1.807, 2.05) is 24.3 Å². The predicted octanol–water partition coefficient (Wildman–Crippen LogP) is 5.52. The molecule has 0 heterocycles. The molecule has 0 unspecified atom stereocenters. The largest absolute Gasteiger partial charge is 0.478 e. The number of carboxylic acids is 1. The Kier molecular flexibility index (Phi) is 8.24. The summed E-state index contributed by atoms with van der Waals surface area (Å²) in [6.07, 6.45) is 1.91. The fraction of sp³-hybridized carbons (Fsp3) is 0.269. The third-order valence-corrected chi connectivity index (χ3v) is 5.54. The maximum atomic E-state index is 11.4. The molecule has 31 heavy (non-hydrogen) atoms. The number of rotatable bonds is 10. The van der Waals surface area contributed by atoms with Crippen molar-refractivity contribution in [2.75, 3.05) is 13.1 Å². The van der Waals surface area contributed by atoms with Crippen LogP contribution in [0.1, 0.15) is 46.5 Å². The van der Waals surface area contributed by atoms with Crippen molar-refractivity contribution in [2.24, 2.45) is 0 Å². The van der Waals surface area contributed by atoms with Gasteiger partial charge in [0, 0.05) is 11.6 Å². The van der Waals surface area contributed by atoms with Crippen LogP contribution in [0.25, 0.3) is 11.1 Å². The van der Waals surface area contributed by atoms with Gasteiger partial charge in [0.05, 0.1) is 11.7 Å². The van der Waals surface area contributed by atoms with E-state index in [9.17, 15) is 15.0 Å². The normalized spacial score (nSPS) is 12.0. The van der Waals surface area contributed by atoms with Crippen molar-refractivity contribution in [1.29, 1.82) is 0 Å². The summed E-state index contributed by atoms with van der Waals surface area (Å²) in [6, 6.07) is 21.2. The molecule has 1 atom stereocenters. The minimum absolute atomic E-state index is 0.383. The summed E-state index contributed by atoms with van der Waals surface area (Å²) in [5.41, 5.74) is 5.36. The van der Waals surface area contributed by atoms with E-state index >= 15 is 0 Å². The summed E-state index contributed by atoms with van der Waals surface area (Å²) in [4.78, 5) is 11.4. The van der Waals surface area contributed by atoms with E-state index in [-0.39, 0.29) is 0 Å². The number of aromatic carboxylic acids is 1. The maximum Gasteiger partial charge on any atom is 0.335 e. The smallest absolute Gasteiger partial charge is 0.335 e. The number of aliphatic hydroxyl groups excluding tert-OH is 1. The van der Waals surface area contributed by atoms with Crippen LogP contribution in [0, 0.1) is 0 Å². The number of aryl methyl sites for hydroxylation is 1. The van der Waals surface area contributed by atoms with Gasteiger partial charge in [-0.15, -0.1) is 0 Å². The van der Waals surface area contributed by atoms with Gasteiger partial charge in [0.25, 0.3) is 0 Å². The number of aliphatic hydroxyl groups is 1. The van der Waals surface area contributed by atoms with E-state index in [0.717, 1.165) is 48.1 Å². The van der Waals surface area contributed by atoms with Crippen molar-refractivity contribution >= 4 is 17.6 Å². The molecule has 0 spiro atoms. The van der Waals surface area contributed by atoms with Gasteiger partial charge in [-0.05, 0) is 65.4 Å². The molecule has 3 aromatic carbocycles. The molecule has 0 saturated heterocycles. The van der Waals surface area contributed by atoms with Crippen molar-refractivity contribution in [3.8, 4) is 11.1 Å². The minimum atomic E-state index is -0.877. The standard InChI is InChI=1S/C26H28ClNO3/c1-2-4-21-15-20(11-12-24(21)26(30)31)19-9-7-18(8-10-19)13-14-28-17-25(29)22-5-3-6-23(27)16-22/h3,5-12,15-16,25,28-29H,2,4,13-14,17H2,1H3,(H,30,31)/t25-/m0/s1. The van der Waals surface area contributed by atoms with Crippen molar-refractivity contribution in [3.05, 3.63) is 94.0 Å². The highest BCUT2D eigenvalue weighted by molar-refractivity contribution is 6.30. The van der Waals surface area contributed by atoms with E-state index in [1.165, 1.54) is 5.56 Å². The summed E-state index contributed by atoms with van der Waals surface area (Å²) >= 11 is 5.98. The predicted molar refractivity (Wildman–Crippen MR) is 126 cm³/mol. The molecule has 0 saturated carbocycles. The average molecular weight is 438 g/mol. The van der Waals surface area contributed by atoms with Crippen LogP contribution in [0.5, 0.6) is 0 Å². The number of carboxylic acid groups (broad SMARTS) is 1. The third kappa shape index (κ3) is 6.41. The number of carbonyl (C=O) groups is 1. The number of hydrogen-bond acceptors (Lipinski definition) is 3. The second-order valence-electron chi connectivity index (χ2n) is 7.65. The van der Waals surface area contributed by atoms with Crippen molar-refractivity contribution in [2.45, 2.75) is 32.3 Å². The second-order valence-corrected chi connectivity index (χ2v) is 8.09. The van der Waals surface area contributed by atoms with Crippen LogP contribution in [-0.2, 0) is 12.8 Å². The lowest BCUT2D eigenvalue weighted by molar-refractivity contribution is 0.0695. The third-order valence-electron chi connectivity index (χ3n) is 5.30. The Labute approximate surface area is 188 Å². The molecule has 0 fully saturated rings. The van der Waals surface area contributed by atoms with Gasteiger partial charge < -0.3 is 15.5 Å². The highest BCUT2D eigenvalue weighted by Gasteiger charge is 2.11. The number of halogens is 1. The zero-order valence-corrected chi connectivity index (χ0v) is 18.4. The van der Waals surface area contributed by atoms with Crippen LogP contribution in [0.4, 0.5) is 0 Å². The summed E-state index contributed by atoms with van der Waals surface area (Å²) in [6.45, 7) is 3.27. The molecule has 4 nitrogen and oxygen atoms in total. The minimum Gasteiger partial charge on any atom is -0.478 e. The van der Waals surface area contributed by atoms with Gasteiger partial charge in [-0.3, -0.25) is 0 Å². The SMILES string of the molecule is CCCc1cc(-c2ccc(CCNC[C@H](O)c3cccc(Cl)c3)cc2)ccc1C(=O)O. The molecule has 0 bridgehead atoms. The molecule has 0 aliphatic heterocycles. The van der Waals surface area contributed by atoms with Gasteiger partial charge in [0.1, 0.15) is 0 Å². The van der Waals surface area contributed by atoms with Crippen molar-refractivity contribution in [3.63, 3.8) is 0 Å². The Morgan fingerprint density at radius 2 is 1.74 bits per heavy atom. The molecule has 0 radical (unpaired) electrons. The summed E-state index contributed by atoms with van der Waals surface area (Å²) < 4.78 is 0. The summed E-state index contributed by atoms with van der Waals surface area (Å²) in [5, 5.41) is 23.5. The number of hydrogen-bond donors (Lipinski definition) is 3. The number of nitrogens with one attached hydrogen (secondary N) is 1. The fourth-order valence-electron chi connectivity index (χ4n) is 3.63. The van der Waals surface area contributed by atoms with Gasteiger partial charge in [-0.1, -0.05) is 73.5 Å². The Balaban J connectivity index is 1.55. The highest BCUT2D eigenvalue weighted by Crippen LogP contribution is 2.24. The zero-order chi connectivity index (χ0) is 22.2. The first kappa shape index (κ1) is 23.0. The summed E-state index contributed by atoms with van der Waals surface area (Å²) in [7, 11) is 0. The van der Waals surface area contributed by atoms with E-state index < -0.39 is 12.1 Å². The Bertz CT molecular complexity index is 1020. The lowest BCUT2D eigenvalue weighted by atomic mass is 9.96. The zero-order valence-electron chi connectivity index (χ0n) is 17.6. The van der Waals surface area contributed by atoms with Gasteiger partial charge in [0.2, 0.25) is 0 Å². The van der Waals surface area contributed by atoms with E-state index in [2.05, 4.69) is 36.5 Å². The fourth-order valence-corrected chi connectivity index (χ4v) is 3.82. The first-order chi connectivity index (χ1) is 15.0. The van der Waals surface area contributed by atoms with Crippen LogP contribution in [0.2, 0.25) is 5.02 Å². The first-order valence-corrected chi connectivity index (χ1v) is 11.0. The quantitative estimate of drug-likeness (QED) is 0.365. The molecule has 3 aromatic rings. The molecule has 5 heteroatoms. The van der Waals surface area contributed by atoms with Crippen LogP contribution < -0.4 is 5.32 Å². The topological polar surface area (TPSA) is 69.6 Å². The maximum absolute atomic E-state index is 11.4. The molecule has 0 aromatic heterocycles. The van der Waals surface area contributed by atoms with E-state index in [4.69, 9.17) is 11.6 Å². The van der Waals surface area contributed by atoms with Gasteiger partial charge in [-0.25, -0.2) is 4.79 Å². The number of benzene rings is 3. The Hall–Kier alpha value is -2.66. The monoisotopic (exact) mass is 437 g/mol. The van der Waals surface area contributed by atoms with Crippen LogP contribution in [0.3, 0.4) is 0 Å². The van der Waals surface area contributed by atoms with Crippen LogP contribution in [0.15, 0.2) is 66.7 Å². The Morgan fingerprint density at radius 1 is 1.00 bits per heavy atom. The molecule has 0 aliphatic carbocycles. The lowest BCUT2D eigenvalue weighted by Crippen LogP contribution is -2.23. The van der Waals surface area contributed by atoms with Crippen LogP contribution >= 0.6 is 11.6 Å².